The number of halogens is 3. The molecule has 0 heterocycles. The van der Waals surface area contributed by atoms with Crippen LogP contribution in [0.4, 0.5) is 13.2 Å². The molecule has 0 aliphatic carbocycles. The second kappa shape index (κ2) is 9.82. The van der Waals surface area contributed by atoms with Gasteiger partial charge in [-0.15, -0.1) is 0 Å². The van der Waals surface area contributed by atoms with Crippen molar-refractivity contribution in [2.75, 3.05) is 0 Å². The van der Waals surface area contributed by atoms with Gasteiger partial charge in [0, 0.05) is 0 Å². The van der Waals surface area contributed by atoms with Crippen LogP contribution in [0, 0.1) is 5.92 Å². The van der Waals surface area contributed by atoms with E-state index in [1.165, 1.54) is 17.7 Å². The molecule has 0 aromatic heterocycles. The first kappa shape index (κ1) is 24.6. The Morgan fingerprint density at radius 2 is 1.24 bits per heavy atom. The molecule has 3 aromatic rings. The molecule has 0 spiro atoms. The molecule has 0 saturated heterocycles. The third-order valence-corrected chi connectivity index (χ3v) is 5.82. The fourth-order valence-corrected chi connectivity index (χ4v) is 3.95. The zero-order chi connectivity index (χ0) is 24.3. The monoisotopic (exact) mass is 454 g/mol. The van der Waals surface area contributed by atoms with E-state index in [0.717, 1.165) is 23.3 Å². The van der Waals surface area contributed by atoms with Crippen LogP contribution in [0.1, 0.15) is 62.6 Å². The maximum atomic E-state index is 13.0. The fourth-order valence-electron chi connectivity index (χ4n) is 3.95. The molecule has 3 rings (SSSR count). The molecule has 0 saturated carbocycles. The van der Waals surface area contributed by atoms with Crippen LogP contribution in [0.25, 0.3) is 22.3 Å². The highest BCUT2D eigenvalue weighted by molar-refractivity contribution is 5.80. The van der Waals surface area contributed by atoms with E-state index in [1.54, 1.807) is 6.07 Å². The van der Waals surface area contributed by atoms with Gasteiger partial charge >= 0.3 is 12.1 Å². The summed E-state index contributed by atoms with van der Waals surface area (Å²) in [6, 6.07) is 18.7. The lowest BCUT2D eigenvalue weighted by Gasteiger charge is -2.18. The number of hydrogen-bond acceptors (Lipinski definition) is 1. The van der Waals surface area contributed by atoms with Gasteiger partial charge in [0.1, 0.15) is 0 Å². The Labute approximate surface area is 193 Å². The normalized spacial score (nSPS) is 12.9. The summed E-state index contributed by atoms with van der Waals surface area (Å²) in [5.74, 6) is -1.05. The number of carboxylic acid groups (broad SMARTS) is 1. The quantitative estimate of drug-likeness (QED) is 0.389. The van der Waals surface area contributed by atoms with Gasteiger partial charge in [-0.25, -0.2) is 0 Å². The van der Waals surface area contributed by atoms with E-state index in [2.05, 4.69) is 13.8 Å². The van der Waals surface area contributed by atoms with E-state index in [1.807, 2.05) is 50.2 Å². The maximum absolute atomic E-state index is 13.0. The van der Waals surface area contributed by atoms with Gasteiger partial charge in [0.15, 0.2) is 0 Å². The molecule has 0 amide bonds. The highest BCUT2D eigenvalue weighted by atomic mass is 19.4. The summed E-state index contributed by atoms with van der Waals surface area (Å²) in [5, 5.41) is 9.90. The number of carboxylic acids is 1. The maximum Gasteiger partial charge on any atom is 0.416 e. The Kier molecular flexibility index (Phi) is 7.31. The van der Waals surface area contributed by atoms with Gasteiger partial charge in [-0.1, -0.05) is 76.2 Å². The second-order valence-electron chi connectivity index (χ2n) is 9.22. The van der Waals surface area contributed by atoms with Crippen LogP contribution in [0.2, 0.25) is 0 Å². The summed E-state index contributed by atoms with van der Waals surface area (Å²) < 4.78 is 39.0. The summed E-state index contributed by atoms with van der Waals surface area (Å²) >= 11 is 0. The summed E-state index contributed by atoms with van der Waals surface area (Å²) in [4.78, 5) is 12.1. The SMILES string of the molecule is CC(C)CC(C(=O)O)c1cc(-c2ccc(C(C)C)cc2)cc(-c2ccc(C(F)(F)F)cc2)c1. The minimum absolute atomic E-state index is 0.176. The van der Waals surface area contributed by atoms with Gasteiger partial charge in [0.05, 0.1) is 11.5 Å². The molecule has 1 atom stereocenters. The minimum atomic E-state index is -4.41. The number of aliphatic carboxylic acids is 1. The van der Waals surface area contributed by atoms with Crippen molar-refractivity contribution in [1.29, 1.82) is 0 Å². The van der Waals surface area contributed by atoms with Crippen LogP contribution in [-0.2, 0) is 11.0 Å². The summed E-state index contributed by atoms with van der Waals surface area (Å²) in [6.07, 6.45) is -3.94. The largest absolute Gasteiger partial charge is 0.481 e. The van der Waals surface area contributed by atoms with Gasteiger partial charge in [0.2, 0.25) is 0 Å². The topological polar surface area (TPSA) is 37.3 Å². The summed E-state index contributed by atoms with van der Waals surface area (Å²) in [6.45, 7) is 8.17. The van der Waals surface area contributed by atoms with Gasteiger partial charge < -0.3 is 5.11 Å². The lowest BCUT2D eigenvalue weighted by molar-refractivity contribution is -0.139. The Hall–Kier alpha value is -3.08. The van der Waals surface area contributed by atoms with E-state index in [9.17, 15) is 23.1 Å². The molecule has 0 fully saturated rings. The van der Waals surface area contributed by atoms with Crippen molar-refractivity contribution >= 4 is 5.97 Å². The third-order valence-electron chi connectivity index (χ3n) is 5.82. The van der Waals surface area contributed by atoms with Crippen LogP contribution in [0.3, 0.4) is 0 Å². The van der Waals surface area contributed by atoms with E-state index in [0.29, 0.717) is 29.0 Å². The lowest BCUT2D eigenvalue weighted by atomic mass is 9.86. The van der Waals surface area contributed by atoms with Gasteiger partial charge in [0.25, 0.3) is 0 Å². The third kappa shape index (κ3) is 6.04. The second-order valence-corrected chi connectivity index (χ2v) is 9.22. The van der Waals surface area contributed by atoms with Crippen LogP contribution in [-0.4, -0.2) is 11.1 Å². The molecule has 2 nitrogen and oxygen atoms in total. The van der Waals surface area contributed by atoms with Crippen molar-refractivity contribution < 1.29 is 23.1 Å². The van der Waals surface area contributed by atoms with Crippen molar-refractivity contribution in [3.8, 4) is 22.3 Å². The molecule has 174 valence electrons. The summed E-state index contributed by atoms with van der Waals surface area (Å²) in [5.41, 5.74) is 4.21. The van der Waals surface area contributed by atoms with Gasteiger partial charge in [-0.3, -0.25) is 4.79 Å². The minimum Gasteiger partial charge on any atom is -0.481 e. The Morgan fingerprint density at radius 3 is 1.64 bits per heavy atom. The molecule has 0 radical (unpaired) electrons. The van der Waals surface area contributed by atoms with Crippen molar-refractivity contribution in [2.45, 2.75) is 52.1 Å². The molecular formula is C28H29F3O2. The zero-order valence-electron chi connectivity index (χ0n) is 19.3. The Morgan fingerprint density at radius 1 is 0.758 bits per heavy atom. The standard InChI is InChI=1S/C28H29F3O2/c1-17(2)13-26(27(32)33)24-15-22(20-7-5-19(6-8-20)18(3)4)14-23(16-24)21-9-11-25(12-10-21)28(29,30)31/h5-12,14-18,26H,13H2,1-4H3,(H,32,33). The fraction of sp³-hybridized carbons (Fsp3) is 0.321. The summed E-state index contributed by atoms with van der Waals surface area (Å²) in [7, 11) is 0. The molecule has 1 N–H and O–H groups in total. The highest BCUT2D eigenvalue weighted by Crippen LogP contribution is 2.36. The van der Waals surface area contributed by atoms with Crippen LogP contribution in [0.15, 0.2) is 66.7 Å². The van der Waals surface area contributed by atoms with Crippen molar-refractivity contribution in [2.24, 2.45) is 5.92 Å². The molecule has 3 aromatic carbocycles. The first-order valence-electron chi connectivity index (χ1n) is 11.1. The number of hydrogen-bond donors (Lipinski definition) is 1. The predicted molar refractivity (Wildman–Crippen MR) is 126 cm³/mol. The van der Waals surface area contributed by atoms with Crippen molar-refractivity contribution in [3.05, 3.63) is 83.4 Å². The van der Waals surface area contributed by atoms with Crippen LogP contribution in [0.5, 0.6) is 0 Å². The first-order valence-corrected chi connectivity index (χ1v) is 11.1. The zero-order valence-corrected chi connectivity index (χ0v) is 19.3. The average Bonchev–Trinajstić information content (AvgIpc) is 2.76. The Bertz CT molecular complexity index is 1100. The molecule has 0 aliphatic rings. The molecule has 1 unspecified atom stereocenters. The smallest absolute Gasteiger partial charge is 0.416 e. The van der Waals surface area contributed by atoms with Gasteiger partial charge in [-0.05, 0) is 69.8 Å². The molecule has 33 heavy (non-hydrogen) atoms. The number of benzene rings is 3. The number of carbonyl (C=O) groups is 1. The molecule has 0 aliphatic heterocycles. The number of alkyl halides is 3. The molecule has 0 bridgehead atoms. The van der Waals surface area contributed by atoms with Crippen LogP contribution < -0.4 is 0 Å². The van der Waals surface area contributed by atoms with Gasteiger partial charge in [-0.2, -0.15) is 13.2 Å². The average molecular weight is 455 g/mol. The molecular weight excluding hydrogens is 425 g/mol. The predicted octanol–water partition coefficient (Wildman–Crippen LogP) is 8.38. The van der Waals surface area contributed by atoms with E-state index < -0.39 is 23.6 Å². The highest BCUT2D eigenvalue weighted by Gasteiger charge is 2.30. The van der Waals surface area contributed by atoms with E-state index in [-0.39, 0.29) is 5.92 Å². The Balaban J connectivity index is 2.14. The van der Waals surface area contributed by atoms with Crippen LogP contribution >= 0.6 is 0 Å². The van der Waals surface area contributed by atoms with E-state index in [4.69, 9.17) is 0 Å². The lowest BCUT2D eigenvalue weighted by Crippen LogP contribution is -2.14. The number of rotatable bonds is 7. The van der Waals surface area contributed by atoms with E-state index >= 15 is 0 Å². The van der Waals surface area contributed by atoms with Crippen molar-refractivity contribution in [1.82, 2.24) is 0 Å². The van der Waals surface area contributed by atoms with Crippen molar-refractivity contribution in [3.63, 3.8) is 0 Å². The molecule has 5 heteroatoms. The first-order chi connectivity index (χ1) is 15.5.